The van der Waals surface area contributed by atoms with Gasteiger partial charge in [0, 0.05) is 25.7 Å². The summed E-state index contributed by atoms with van der Waals surface area (Å²) in [5, 5.41) is 12.5. The Kier molecular flexibility index (Phi) is 7.33. The Balaban J connectivity index is 0.00000261. The van der Waals surface area contributed by atoms with Crippen LogP contribution >= 0.6 is 23.7 Å². The van der Waals surface area contributed by atoms with Gasteiger partial charge < -0.3 is 11.1 Å². The highest BCUT2D eigenvalue weighted by Gasteiger charge is 2.33. The molecule has 1 atom stereocenters. The van der Waals surface area contributed by atoms with Crippen LogP contribution < -0.4 is 11.1 Å². The predicted molar refractivity (Wildman–Crippen MR) is 111 cm³/mol. The van der Waals surface area contributed by atoms with E-state index in [0.717, 1.165) is 36.6 Å². The van der Waals surface area contributed by atoms with Gasteiger partial charge in [-0.1, -0.05) is 55.0 Å². The minimum Gasteiger partial charge on any atom is -0.346 e. The molecular weight excluding hydrogens is 382 g/mol. The van der Waals surface area contributed by atoms with Crippen molar-refractivity contribution in [1.29, 1.82) is 0 Å². The van der Waals surface area contributed by atoms with Gasteiger partial charge in [0.2, 0.25) is 5.01 Å². The average Bonchev–Trinajstić information content (AvgIpc) is 3.06. The molecule has 0 bridgehead atoms. The number of piperidine rings is 1. The molecule has 2 aromatic rings. The largest absolute Gasteiger partial charge is 0.346 e. The number of amides is 1. The first-order chi connectivity index (χ1) is 12.3. The topological polar surface area (TPSA) is 84.1 Å². The zero-order valence-corrected chi connectivity index (χ0v) is 17.7. The molecule has 0 radical (unpaired) electrons. The van der Waals surface area contributed by atoms with Crippen molar-refractivity contribution in [3.8, 4) is 0 Å². The second-order valence-electron chi connectivity index (χ2n) is 7.76. The number of benzene rings is 1. The van der Waals surface area contributed by atoms with Gasteiger partial charge in [-0.3, -0.25) is 9.69 Å². The lowest BCUT2D eigenvalue weighted by molar-refractivity contribution is 0.0896. The second kappa shape index (κ2) is 9.10. The molecule has 3 rings (SSSR count). The zero-order valence-electron chi connectivity index (χ0n) is 16.1. The lowest BCUT2D eigenvalue weighted by Crippen LogP contribution is -2.52. The standard InChI is InChI=1S/C19H27N5OS.ClH/c1-13-4-6-14(7-5-13)10-21-17(25)18-23-22-16(26-18)11-24-9-8-15(20)19(2,3)12-24;/h4-7,15H,8-12,20H2,1-3H3,(H,21,25);1H. The quantitative estimate of drug-likeness (QED) is 0.793. The zero-order chi connectivity index (χ0) is 18.7. The van der Waals surface area contributed by atoms with Crippen LogP contribution in [0.1, 0.15) is 46.2 Å². The summed E-state index contributed by atoms with van der Waals surface area (Å²) < 4.78 is 0. The maximum atomic E-state index is 12.3. The summed E-state index contributed by atoms with van der Waals surface area (Å²) in [4.78, 5) is 14.6. The van der Waals surface area contributed by atoms with Crippen molar-refractivity contribution in [2.24, 2.45) is 11.1 Å². The van der Waals surface area contributed by atoms with Crippen molar-refractivity contribution in [2.45, 2.75) is 46.3 Å². The van der Waals surface area contributed by atoms with Gasteiger partial charge in [-0.15, -0.1) is 22.6 Å². The SMILES string of the molecule is Cc1ccc(CNC(=O)c2nnc(CN3CCC(N)C(C)(C)C3)s2)cc1.Cl. The Hall–Kier alpha value is -1.54. The van der Waals surface area contributed by atoms with Crippen molar-refractivity contribution in [1.82, 2.24) is 20.4 Å². The van der Waals surface area contributed by atoms with Crippen molar-refractivity contribution in [2.75, 3.05) is 13.1 Å². The number of hydrogen-bond donors (Lipinski definition) is 2. The van der Waals surface area contributed by atoms with E-state index in [2.05, 4.69) is 34.3 Å². The van der Waals surface area contributed by atoms with Gasteiger partial charge >= 0.3 is 0 Å². The Morgan fingerprint density at radius 1 is 1.33 bits per heavy atom. The molecule has 1 aromatic carbocycles. The third kappa shape index (κ3) is 5.72. The first-order valence-corrected chi connectivity index (χ1v) is 9.79. The average molecular weight is 410 g/mol. The van der Waals surface area contributed by atoms with E-state index in [1.54, 1.807) is 0 Å². The molecule has 1 aromatic heterocycles. The summed E-state index contributed by atoms with van der Waals surface area (Å²) in [5.41, 5.74) is 8.57. The molecular formula is C19H28ClN5OS. The number of likely N-dealkylation sites (tertiary alicyclic amines) is 1. The maximum Gasteiger partial charge on any atom is 0.282 e. The molecule has 1 unspecified atom stereocenters. The van der Waals surface area contributed by atoms with Gasteiger partial charge in [0.05, 0.1) is 6.54 Å². The summed E-state index contributed by atoms with van der Waals surface area (Å²) in [7, 11) is 0. The first-order valence-electron chi connectivity index (χ1n) is 8.97. The van der Waals surface area contributed by atoms with Gasteiger partial charge in [0.15, 0.2) is 0 Å². The Labute approximate surface area is 171 Å². The number of nitrogens with zero attached hydrogens (tertiary/aromatic N) is 3. The summed E-state index contributed by atoms with van der Waals surface area (Å²) in [5.74, 6) is -0.171. The lowest BCUT2D eigenvalue weighted by atomic mass is 9.80. The van der Waals surface area contributed by atoms with Gasteiger partial charge in [0.1, 0.15) is 5.01 Å². The highest BCUT2D eigenvalue weighted by Crippen LogP contribution is 2.28. The number of halogens is 1. The molecule has 8 heteroatoms. The molecule has 0 spiro atoms. The molecule has 1 aliphatic heterocycles. The minimum absolute atomic E-state index is 0. The van der Waals surface area contributed by atoms with Crippen LogP contribution in [0.3, 0.4) is 0 Å². The van der Waals surface area contributed by atoms with Gasteiger partial charge in [-0.2, -0.15) is 0 Å². The predicted octanol–water partition coefficient (Wildman–Crippen LogP) is 2.76. The van der Waals surface area contributed by atoms with Crippen LogP contribution in [0.25, 0.3) is 0 Å². The molecule has 0 aliphatic carbocycles. The summed E-state index contributed by atoms with van der Waals surface area (Å²) >= 11 is 1.37. The molecule has 1 aliphatic rings. The van der Waals surface area contributed by atoms with E-state index < -0.39 is 0 Å². The van der Waals surface area contributed by atoms with Crippen LogP contribution in [-0.2, 0) is 13.1 Å². The van der Waals surface area contributed by atoms with Crippen LogP contribution in [0.4, 0.5) is 0 Å². The third-order valence-electron chi connectivity index (χ3n) is 4.98. The van der Waals surface area contributed by atoms with Crippen molar-refractivity contribution >= 4 is 29.7 Å². The van der Waals surface area contributed by atoms with Crippen LogP contribution in [0.5, 0.6) is 0 Å². The molecule has 6 nitrogen and oxygen atoms in total. The smallest absolute Gasteiger partial charge is 0.282 e. The van der Waals surface area contributed by atoms with E-state index in [-0.39, 0.29) is 29.8 Å². The number of hydrogen-bond acceptors (Lipinski definition) is 6. The number of aryl methyl sites for hydroxylation is 1. The maximum absolute atomic E-state index is 12.3. The van der Waals surface area contributed by atoms with Gasteiger partial charge in [0.25, 0.3) is 5.91 Å². The molecule has 27 heavy (non-hydrogen) atoms. The summed E-state index contributed by atoms with van der Waals surface area (Å²) in [6, 6.07) is 8.34. The van der Waals surface area contributed by atoms with Crippen LogP contribution in [0.2, 0.25) is 0 Å². The fourth-order valence-electron chi connectivity index (χ4n) is 3.18. The fourth-order valence-corrected chi connectivity index (χ4v) is 3.98. The third-order valence-corrected chi connectivity index (χ3v) is 5.89. The summed E-state index contributed by atoms with van der Waals surface area (Å²) in [6.07, 6.45) is 0.982. The molecule has 148 valence electrons. The van der Waals surface area contributed by atoms with Crippen LogP contribution in [0, 0.1) is 12.3 Å². The number of nitrogens with two attached hydrogens (primary N) is 1. The second-order valence-corrected chi connectivity index (χ2v) is 8.83. The summed E-state index contributed by atoms with van der Waals surface area (Å²) in [6.45, 7) is 9.55. The van der Waals surface area contributed by atoms with Gasteiger partial charge in [-0.25, -0.2) is 0 Å². The van der Waals surface area contributed by atoms with Crippen LogP contribution in [0.15, 0.2) is 24.3 Å². The lowest BCUT2D eigenvalue weighted by Gasteiger charge is -2.42. The molecule has 1 fully saturated rings. The fraction of sp³-hybridized carbons (Fsp3) is 0.526. The number of aromatic nitrogens is 2. The van der Waals surface area contributed by atoms with E-state index in [9.17, 15) is 4.79 Å². The van der Waals surface area contributed by atoms with E-state index in [1.165, 1.54) is 16.9 Å². The Morgan fingerprint density at radius 3 is 2.70 bits per heavy atom. The van der Waals surface area contributed by atoms with E-state index in [0.29, 0.717) is 11.6 Å². The highest BCUT2D eigenvalue weighted by molar-refractivity contribution is 7.13. The first kappa shape index (κ1) is 21.8. The van der Waals surface area contributed by atoms with Crippen molar-refractivity contribution in [3.63, 3.8) is 0 Å². The number of rotatable bonds is 5. The number of carbonyl (C=O) groups excluding carboxylic acids is 1. The normalized spacial score (nSPS) is 19.3. The molecule has 1 saturated heterocycles. The highest BCUT2D eigenvalue weighted by atomic mass is 35.5. The number of carbonyl (C=O) groups is 1. The van der Waals surface area contributed by atoms with Crippen molar-refractivity contribution in [3.05, 3.63) is 45.4 Å². The molecule has 3 N–H and O–H groups in total. The Bertz CT molecular complexity index is 762. The Morgan fingerprint density at radius 2 is 2.04 bits per heavy atom. The minimum atomic E-state index is -0.171. The van der Waals surface area contributed by atoms with Gasteiger partial charge in [-0.05, 0) is 24.3 Å². The molecule has 2 heterocycles. The molecule has 0 saturated carbocycles. The number of nitrogens with one attached hydrogen (secondary N) is 1. The van der Waals surface area contributed by atoms with Crippen molar-refractivity contribution < 1.29 is 4.79 Å². The van der Waals surface area contributed by atoms with Crippen LogP contribution in [-0.4, -0.2) is 40.1 Å². The van der Waals surface area contributed by atoms with E-state index in [1.807, 2.05) is 31.2 Å². The monoisotopic (exact) mass is 409 g/mol. The molecule has 1 amide bonds. The van der Waals surface area contributed by atoms with E-state index >= 15 is 0 Å². The van der Waals surface area contributed by atoms with E-state index in [4.69, 9.17) is 5.73 Å².